The van der Waals surface area contributed by atoms with E-state index in [2.05, 4.69) is 90.5 Å². The van der Waals surface area contributed by atoms with Crippen molar-refractivity contribution in [1.82, 2.24) is 0 Å². The Bertz CT molecular complexity index is 528. The Labute approximate surface area is 130 Å². The van der Waals surface area contributed by atoms with Gasteiger partial charge in [0.25, 0.3) is 0 Å². The molecule has 1 atom stereocenters. The maximum Gasteiger partial charge on any atom is 0.0354 e. The predicted molar refractivity (Wildman–Crippen MR) is 91.4 cm³/mol. The predicted octanol–water partition coefficient (Wildman–Crippen LogP) is 5.61. The first-order valence-electron chi connectivity index (χ1n) is 7.12. The fraction of sp³-hybridized carbons (Fsp3) is 0.333. The number of benzene rings is 2. The summed E-state index contributed by atoms with van der Waals surface area (Å²) in [7, 11) is 0. The first-order valence-corrected chi connectivity index (χ1v) is 7.91. The third kappa shape index (κ3) is 4.11. The molecule has 0 bridgehead atoms. The molecular weight excluding hydrogens is 310 g/mol. The number of nitrogens with one attached hydrogen (secondary N) is 1. The molecule has 0 aromatic heterocycles. The minimum Gasteiger partial charge on any atom is -0.384 e. The maximum atomic E-state index is 3.58. The maximum absolute atomic E-state index is 3.58. The van der Waals surface area contributed by atoms with E-state index < -0.39 is 0 Å². The lowest BCUT2D eigenvalue weighted by atomic mass is 9.88. The minimum atomic E-state index is 0.524. The summed E-state index contributed by atoms with van der Waals surface area (Å²) in [6, 6.07) is 17.2. The molecule has 0 spiro atoms. The molecule has 0 aliphatic carbocycles. The molecule has 2 aromatic rings. The van der Waals surface area contributed by atoms with Gasteiger partial charge in [-0.3, -0.25) is 0 Å². The standard InChI is InChI=1S/C18H22BrN/c1-13(2)18(15-7-5-4-6-8-15)12-20-17-10-14(3)9-16(19)11-17/h4-11,13,18,20H,12H2,1-3H3. The molecule has 20 heavy (non-hydrogen) atoms. The molecule has 0 saturated carbocycles. The molecule has 106 valence electrons. The third-order valence-electron chi connectivity index (χ3n) is 3.60. The van der Waals surface area contributed by atoms with E-state index in [0.29, 0.717) is 11.8 Å². The van der Waals surface area contributed by atoms with Crippen LogP contribution < -0.4 is 5.32 Å². The molecule has 0 aliphatic heterocycles. The van der Waals surface area contributed by atoms with Crippen molar-refractivity contribution in [3.05, 3.63) is 64.1 Å². The zero-order valence-electron chi connectivity index (χ0n) is 12.4. The quantitative estimate of drug-likeness (QED) is 0.750. The summed E-state index contributed by atoms with van der Waals surface area (Å²) in [6.45, 7) is 7.64. The largest absolute Gasteiger partial charge is 0.384 e. The first-order chi connectivity index (χ1) is 9.56. The van der Waals surface area contributed by atoms with E-state index >= 15 is 0 Å². The molecule has 0 amide bonds. The molecule has 0 aliphatic rings. The van der Waals surface area contributed by atoms with E-state index in [1.165, 1.54) is 16.8 Å². The Hall–Kier alpha value is -1.28. The van der Waals surface area contributed by atoms with Crippen LogP contribution >= 0.6 is 15.9 Å². The number of hydrogen-bond donors (Lipinski definition) is 1. The summed E-state index contributed by atoms with van der Waals surface area (Å²) in [4.78, 5) is 0. The lowest BCUT2D eigenvalue weighted by molar-refractivity contribution is 0.517. The lowest BCUT2D eigenvalue weighted by Crippen LogP contribution is -2.17. The van der Waals surface area contributed by atoms with E-state index in [1.54, 1.807) is 0 Å². The van der Waals surface area contributed by atoms with Gasteiger partial charge < -0.3 is 5.32 Å². The van der Waals surface area contributed by atoms with Gasteiger partial charge >= 0.3 is 0 Å². The first kappa shape index (κ1) is 15.1. The molecule has 0 saturated heterocycles. The fourth-order valence-electron chi connectivity index (χ4n) is 2.50. The zero-order valence-corrected chi connectivity index (χ0v) is 13.9. The molecule has 1 nitrogen and oxygen atoms in total. The highest BCUT2D eigenvalue weighted by Crippen LogP contribution is 2.26. The van der Waals surface area contributed by atoms with E-state index in [4.69, 9.17) is 0 Å². The Morgan fingerprint density at radius 1 is 1.05 bits per heavy atom. The summed E-state index contributed by atoms with van der Waals surface area (Å²) >= 11 is 3.55. The van der Waals surface area contributed by atoms with Crippen LogP contribution in [0.4, 0.5) is 5.69 Å². The van der Waals surface area contributed by atoms with Crippen LogP contribution in [0.15, 0.2) is 53.0 Å². The molecular formula is C18H22BrN. The van der Waals surface area contributed by atoms with Crippen LogP contribution in [0, 0.1) is 12.8 Å². The normalized spacial score (nSPS) is 12.4. The van der Waals surface area contributed by atoms with Crippen molar-refractivity contribution in [2.24, 2.45) is 5.92 Å². The van der Waals surface area contributed by atoms with Crippen molar-refractivity contribution in [2.45, 2.75) is 26.7 Å². The average Bonchev–Trinajstić information content (AvgIpc) is 2.38. The van der Waals surface area contributed by atoms with Gasteiger partial charge in [-0.05, 0) is 42.2 Å². The van der Waals surface area contributed by atoms with Gasteiger partial charge in [0, 0.05) is 22.6 Å². The number of hydrogen-bond acceptors (Lipinski definition) is 1. The van der Waals surface area contributed by atoms with Gasteiger partial charge in [-0.1, -0.05) is 60.1 Å². The Morgan fingerprint density at radius 2 is 1.75 bits per heavy atom. The Kier molecular flexibility index (Phi) is 5.24. The molecule has 2 heteroatoms. The number of anilines is 1. The summed E-state index contributed by atoms with van der Waals surface area (Å²) in [5.41, 5.74) is 3.85. The average molecular weight is 332 g/mol. The van der Waals surface area contributed by atoms with Gasteiger partial charge in [-0.25, -0.2) is 0 Å². The Morgan fingerprint density at radius 3 is 2.35 bits per heavy atom. The van der Waals surface area contributed by atoms with Gasteiger partial charge in [0.1, 0.15) is 0 Å². The van der Waals surface area contributed by atoms with Crippen molar-refractivity contribution >= 4 is 21.6 Å². The topological polar surface area (TPSA) is 12.0 Å². The van der Waals surface area contributed by atoms with E-state index in [9.17, 15) is 0 Å². The highest BCUT2D eigenvalue weighted by Gasteiger charge is 2.15. The summed E-state index contributed by atoms with van der Waals surface area (Å²) in [6.07, 6.45) is 0. The summed E-state index contributed by atoms with van der Waals surface area (Å²) < 4.78 is 1.13. The second-order valence-corrected chi connectivity index (χ2v) is 6.58. The molecule has 0 fully saturated rings. The summed E-state index contributed by atoms with van der Waals surface area (Å²) in [5.74, 6) is 1.13. The van der Waals surface area contributed by atoms with Gasteiger partial charge in [0.15, 0.2) is 0 Å². The Balaban J connectivity index is 2.10. The van der Waals surface area contributed by atoms with Crippen molar-refractivity contribution in [2.75, 3.05) is 11.9 Å². The number of halogens is 1. The molecule has 2 aromatic carbocycles. The van der Waals surface area contributed by atoms with Gasteiger partial charge in [-0.2, -0.15) is 0 Å². The third-order valence-corrected chi connectivity index (χ3v) is 4.06. The van der Waals surface area contributed by atoms with Crippen LogP contribution in [0.3, 0.4) is 0 Å². The molecule has 0 heterocycles. The van der Waals surface area contributed by atoms with Crippen LogP contribution in [0.5, 0.6) is 0 Å². The second-order valence-electron chi connectivity index (χ2n) is 5.66. The summed E-state index contributed by atoms with van der Waals surface area (Å²) in [5, 5.41) is 3.58. The van der Waals surface area contributed by atoms with E-state index in [0.717, 1.165) is 11.0 Å². The highest BCUT2D eigenvalue weighted by molar-refractivity contribution is 9.10. The lowest BCUT2D eigenvalue weighted by Gasteiger charge is -2.22. The number of rotatable bonds is 5. The molecule has 0 radical (unpaired) electrons. The van der Waals surface area contributed by atoms with Gasteiger partial charge in [-0.15, -0.1) is 0 Å². The van der Waals surface area contributed by atoms with Crippen molar-refractivity contribution in [3.63, 3.8) is 0 Å². The van der Waals surface area contributed by atoms with Crippen molar-refractivity contribution < 1.29 is 0 Å². The van der Waals surface area contributed by atoms with Crippen molar-refractivity contribution in [1.29, 1.82) is 0 Å². The SMILES string of the molecule is Cc1cc(Br)cc(NCC(c2ccccc2)C(C)C)c1. The highest BCUT2D eigenvalue weighted by atomic mass is 79.9. The van der Waals surface area contributed by atoms with Gasteiger partial charge in [0.05, 0.1) is 0 Å². The van der Waals surface area contributed by atoms with Crippen LogP contribution in [0.1, 0.15) is 30.9 Å². The second kappa shape index (κ2) is 6.94. The van der Waals surface area contributed by atoms with E-state index in [-0.39, 0.29) is 0 Å². The monoisotopic (exact) mass is 331 g/mol. The minimum absolute atomic E-state index is 0.524. The molecule has 2 rings (SSSR count). The van der Waals surface area contributed by atoms with Crippen LogP contribution in [-0.2, 0) is 0 Å². The van der Waals surface area contributed by atoms with Crippen LogP contribution in [0.25, 0.3) is 0 Å². The fourth-order valence-corrected chi connectivity index (χ4v) is 3.11. The van der Waals surface area contributed by atoms with Crippen LogP contribution in [0.2, 0.25) is 0 Å². The van der Waals surface area contributed by atoms with Gasteiger partial charge in [0.2, 0.25) is 0 Å². The van der Waals surface area contributed by atoms with Crippen LogP contribution in [-0.4, -0.2) is 6.54 Å². The molecule has 1 unspecified atom stereocenters. The molecule has 1 N–H and O–H groups in total. The number of aryl methyl sites for hydroxylation is 1. The zero-order chi connectivity index (χ0) is 14.5. The van der Waals surface area contributed by atoms with E-state index in [1.807, 2.05) is 0 Å². The smallest absolute Gasteiger partial charge is 0.0354 e. The van der Waals surface area contributed by atoms with Crippen molar-refractivity contribution in [3.8, 4) is 0 Å².